The van der Waals surface area contributed by atoms with Gasteiger partial charge in [-0.25, -0.2) is 9.78 Å². The maximum Gasteiger partial charge on any atom is 0.320 e. The lowest BCUT2D eigenvalue weighted by Gasteiger charge is -2.10. The van der Waals surface area contributed by atoms with Crippen molar-refractivity contribution in [1.82, 2.24) is 10.3 Å². The molecule has 1 aliphatic rings. The van der Waals surface area contributed by atoms with Crippen molar-refractivity contribution in [3.8, 4) is 0 Å². The molecule has 5 nitrogen and oxygen atoms in total. The third-order valence-corrected chi connectivity index (χ3v) is 3.62. The van der Waals surface area contributed by atoms with Crippen molar-refractivity contribution in [2.45, 2.75) is 25.8 Å². The second kappa shape index (κ2) is 6.23. The van der Waals surface area contributed by atoms with Crippen molar-refractivity contribution in [3.05, 3.63) is 47.1 Å². The molecular formula is C16H17ClN4O. The molecule has 6 heteroatoms. The first-order chi connectivity index (χ1) is 10.6. The van der Waals surface area contributed by atoms with Crippen molar-refractivity contribution in [2.75, 3.05) is 10.6 Å². The van der Waals surface area contributed by atoms with Gasteiger partial charge in [0.05, 0.1) is 11.9 Å². The summed E-state index contributed by atoms with van der Waals surface area (Å²) in [4.78, 5) is 15.9. The molecule has 1 heterocycles. The topological polar surface area (TPSA) is 66.0 Å². The van der Waals surface area contributed by atoms with Crippen molar-refractivity contribution in [1.29, 1.82) is 0 Å². The molecule has 114 valence electrons. The number of hydrogen-bond acceptors (Lipinski definition) is 3. The summed E-state index contributed by atoms with van der Waals surface area (Å²) in [7, 11) is 0. The molecule has 0 atom stereocenters. The van der Waals surface area contributed by atoms with Crippen molar-refractivity contribution in [2.24, 2.45) is 0 Å². The van der Waals surface area contributed by atoms with Gasteiger partial charge >= 0.3 is 6.03 Å². The van der Waals surface area contributed by atoms with E-state index < -0.39 is 0 Å². The van der Waals surface area contributed by atoms with Crippen LogP contribution in [0.5, 0.6) is 0 Å². The van der Waals surface area contributed by atoms with Crippen molar-refractivity contribution in [3.63, 3.8) is 0 Å². The number of benzene rings is 1. The molecule has 1 aromatic heterocycles. The summed E-state index contributed by atoms with van der Waals surface area (Å²) < 4.78 is 0. The van der Waals surface area contributed by atoms with Crippen LogP contribution in [0.4, 0.5) is 22.0 Å². The number of carbonyl (C=O) groups is 1. The molecule has 0 aliphatic heterocycles. The zero-order valence-corrected chi connectivity index (χ0v) is 12.9. The first kappa shape index (κ1) is 14.7. The summed E-state index contributed by atoms with van der Waals surface area (Å²) in [5, 5.41) is 9.55. The van der Waals surface area contributed by atoms with E-state index in [0.717, 1.165) is 29.8 Å². The predicted octanol–water partition coefficient (Wildman–Crippen LogP) is 4.07. The van der Waals surface area contributed by atoms with Crippen LogP contribution in [-0.4, -0.2) is 17.1 Å². The lowest BCUT2D eigenvalue weighted by Crippen LogP contribution is -2.30. The minimum Gasteiger partial charge on any atom is -0.354 e. The highest BCUT2D eigenvalue weighted by molar-refractivity contribution is 6.30. The fraction of sp³-hybridized carbons (Fsp3) is 0.250. The highest BCUT2D eigenvalue weighted by Gasteiger charge is 2.23. The highest BCUT2D eigenvalue weighted by Crippen LogP contribution is 2.23. The normalized spacial score (nSPS) is 13.5. The van der Waals surface area contributed by atoms with Gasteiger partial charge < -0.3 is 10.6 Å². The molecule has 22 heavy (non-hydrogen) atoms. The number of nitrogens with one attached hydrogen (secondary N) is 3. The number of hydrogen-bond donors (Lipinski definition) is 3. The number of aryl methyl sites for hydroxylation is 1. The van der Waals surface area contributed by atoms with E-state index in [1.54, 1.807) is 12.3 Å². The number of carbonyl (C=O) groups excluding carboxylic acids is 1. The zero-order valence-electron chi connectivity index (χ0n) is 12.2. The average Bonchev–Trinajstić information content (AvgIpc) is 3.28. The fourth-order valence-electron chi connectivity index (χ4n) is 2.03. The van der Waals surface area contributed by atoms with Gasteiger partial charge in [-0.1, -0.05) is 11.6 Å². The molecule has 1 fully saturated rings. The third-order valence-electron chi connectivity index (χ3n) is 3.39. The summed E-state index contributed by atoms with van der Waals surface area (Å²) in [6.07, 6.45) is 3.80. The Morgan fingerprint density at radius 1 is 1.27 bits per heavy atom. The molecule has 3 rings (SSSR count). The number of aromatic nitrogens is 1. The lowest BCUT2D eigenvalue weighted by atomic mass is 10.2. The van der Waals surface area contributed by atoms with Gasteiger partial charge in [-0.2, -0.15) is 0 Å². The molecule has 0 bridgehead atoms. The summed E-state index contributed by atoms with van der Waals surface area (Å²) >= 11 is 5.94. The summed E-state index contributed by atoms with van der Waals surface area (Å²) in [6, 6.07) is 9.41. The second-order valence-electron chi connectivity index (χ2n) is 5.39. The quantitative estimate of drug-likeness (QED) is 0.796. The average molecular weight is 317 g/mol. The van der Waals surface area contributed by atoms with Crippen molar-refractivity contribution < 1.29 is 4.79 Å². The van der Waals surface area contributed by atoms with Crippen LogP contribution in [0.1, 0.15) is 18.4 Å². The van der Waals surface area contributed by atoms with Gasteiger partial charge in [-0.05, 0) is 55.7 Å². The van der Waals surface area contributed by atoms with Crippen LogP contribution in [-0.2, 0) is 0 Å². The Labute approximate surface area is 134 Å². The van der Waals surface area contributed by atoms with E-state index in [2.05, 4.69) is 20.9 Å². The van der Waals surface area contributed by atoms with Gasteiger partial charge in [0.15, 0.2) is 0 Å². The van der Waals surface area contributed by atoms with E-state index in [1.807, 2.05) is 31.2 Å². The van der Waals surface area contributed by atoms with Crippen LogP contribution < -0.4 is 16.0 Å². The molecule has 0 radical (unpaired) electrons. The number of nitrogens with zero attached hydrogens (tertiary/aromatic N) is 1. The Hall–Kier alpha value is -2.27. The molecule has 3 N–H and O–H groups in total. The Morgan fingerprint density at radius 2 is 2.09 bits per heavy atom. The van der Waals surface area contributed by atoms with Gasteiger partial charge in [0.25, 0.3) is 0 Å². The summed E-state index contributed by atoms with van der Waals surface area (Å²) in [5.74, 6) is 0.525. The molecule has 1 aromatic carbocycles. The first-order valence-corrected chi connectivity index (χ1v) is 7.55. The van der Waals surface area contributed by atoms with Crippen LogP contribution >= 0.6 is 11.6 Å². The van der Waals surface area contributed by atoms with Crippen LogP contribution in [0.2, 0.25) is 5.02 Å². The van der Waals surface area contributed by atoms with E-state index in [9.17, 15) is 4.79 Å². The number of rotatable bonds is 4. The van der Waals surface area contributed by atoms with Crippen LogP contribution in [0.3, 0.4) is 0 Å². The zero-order chi connectivity index (χ0) is 15.5. The molecule has 2 amide bonds. The SMILES string of the molecule is Cc1cc(Cl)ccc1Nc1ccc(NC(=O)NC2CC2)nc1. The number of urea groups is 1. The minimum absolute atomic E-state index is 0.204. The van der Waals surface area contributed by atoms with Gasteiger partial charge in [-0.15, -0.1) is 0 Å². The van der Waals surface area contributed by atoms with E-state index >= 15 is 0 Å². The Morgan fingerprint density at radius 3 is 2.73 bits per heavy atom. The molecule has 1 aliphatic carbocycles. The molecule has 0 unspecified atom stereocenters. The standard InChI is InChI=1S/C16H17ClN4O/c1-10-8-11(17)2-6-14(10)19-13-5-7-15(18-9-13)21-16(22)20-12-3-4-12/h2,5-9,12,19H,3-4H2,1H3,(H2,18,20,21,22). The number of pyridine rings is 1. The second-order valence-corrected chi connectivity index (χ2v) is 5.83. The maximum absolute atomic E-state index is 11.6. The van der Waals surface area contributed by atoms with E-state index in [1.165, 1.54) is 0 Å². The van der Waals surface area contributed by atoms with Crippen molar-refractivity contribution >= 4 is 34.8 Å². The maximum atomic E-state index is 11.6. The third kappa shape index (κ3) is 3.89. The van der Waals surface area contributed by atoms with E-state index in [-0.39, 0.29) is 6.03 Å². The van der Waals surface area contributed by atoms with Gasteiger partial charge in [0, 0.05) is 16.8 Å². The van der Waals surface area contributed by atoms with Gasteiger partial charge in [0.2, 0.25) is 0 Å². The molecule has 1 saturated carbocycles. The Bertz CT molecular complexity index is 683. The fourth-order valence-corrected chi connectivity index (χ4v) is 2.26. The lowest BCUT2D eigenvalue weighted by molar-refractivity contribution is 0.251. The largest absolute Gasteiger partial charge is 0.354 e. The Balaban J connectivity index is 1.62. The molecule has 0 saturated heterocycles. The highest BCUT2D eigenvalue weighted by atomic mass is 35.5. The summed E-state index contributed by atoms with van der Waals surface area (Å²) in [6.45, 7) is 1.99. The van der Waals surface area contributed by atoms with E-state index in [0.29, 0.717) is 16.9 Å². The summed E-state index contributed by atoms with van der Waals surface area (Å²) in [5.41, 5.74) is 2.87. The number of anilines is 3. The monoisotopic (exact) mass is 316 g/mol. The van der Waals surface area contributed by atoms with Gasteiger partial charge in [-0.3, -0.25) is 5.32 Å². The minimum atomic E-state index is -0.204. The van der Waals surface area contributed by atoms with Crippen LogP contribution in [0.25, 0.3) is 0 Å². The molecular weight excluding hydrogens is 300 g/mol. The van der Waals surface area contributed by atoms with Crippen LogP contribution in [0.15, 0.2) is 36.5 Å². The smallest absolute Gasteiger partial charge is 0.320 e. The number of amides is 2. The first-order valence-electron chi connectivity index (χ1n) is 7.17. The van der Waals surface area contributed by atoms with E-state index in [4.69, 9.17) is 11.6 Å². The van der Waals surface area contributed by atoms with Gasteiger partial charge in [0.1, 0.15) is 5.82 Å². The number of halogens is 1. The van der Waals surface area contributed by atoms with Crippen LogP contribution in [0, 0.1) is 6.92 Å². The molecule has 2 aromatic rings. The predicted molar refractivity (Wildman–Crippen MR) is 88.9 cm³/mol. The Kier molecular flexibility index (Phi) is 4.15. The molecule has 0 spiro atoms.